The van der Waals surface area contributed by atoms with Crippen molar-refractivity contribution < 1.29 is 23.9 Å². The average Bonchev–Trinajstić information content (AvgIpc) is 3.53. The lowest BCUT2D eigenvalue weighted by molar-refractivity contribution is -0.142. The van der Waals surface area contributed by atoms with E-state index in [1.807, 2.05) is 13.8 Å². The van der Waals surface area contributed by atoms with E-state index in [2.05, 4.69) is 17.5 Å². The number of hydrogen-bond donors (Lipinski definition) is 1. The standard InChI is InChI=1S/C24H26N2O5/c1-12(2)11-31-24(30)13-3-5-14(6-4-13)25-19(27)10-26-22(28)20-15-7-8-16(18-9-17(15)18)21(20)23(26)29/h3-8,12,15-18,20-21H,9-11H2,1-2H3,(H,25,27)/t15-,16-,17-,18-,20+,21+/m1/s1. The van der Waals surface area contributed by atoms with Crippen LogP contribution in [0.25, 0.3) is 0 Å². The number of carbonyl (C=O) groups is 4. The van der Waals surface area contributed by atoms with E-state index in [1.165, 1.54) is 0 Å². The predicted molar refractivity (Wildman–Crippen MR) is 112 cm³/mol. The van der Waals surface area contributed by atoms with Gasteiger partial charge in [-0.3, -0.25) is 19.3 Å². The van der Waals surface area contributed by atoms with Crippen molar-refractivity contribution in [2.24, 2.45) is 41.4 Å². The normalized spacial score (nSPS) is 32.2. The Balaban J connectivity index is 1.20. The molecule has 0 radical (unpaired) electrons. The summed E-state index contributed by atoms with van der Waals surface area (Å²) in [6.45, 7) is 3.98. The molecule has 1 heterocycles. The zero-order valence-electron chi connectivity index (χ0n) is 17.6. The number of nitrogens with zero attached hydrogens (tertiary/aromatic N) is 1. The third-order valence-corrected chi connectivity index (χ3v) is 7.01. The Morgan fingerprint density at radius 1 is 1.03 bits per heavy atom. The number of carbonyl (C=O) groups excluding carboxylic acids is 4. The fourth-order valence-electron chi connectivity index (χ4n) is 5.53. The number of esters is 1. The summed E-state index contributed by atoms with van der Waals surface area (Å²) in [4.78, 5) is 51.6. The molecular weight excluding hydrogens is 396 g/mol. The largest absolute Gasteiger partial charge is 0.462 e. The third-order valence-electron chi connectivity index (χ3n) is 7.01. The van der Waals surface area contributed by atoms with Crippen LogP contribution in [0.2, 0.25) is 0 Å². The fraction of sp³-hybridized carbons (Fsp3) is 0.500. The van der Waals surface area contributed by atoms with E-state index in [0.717, 1.165) is 11.3 Å². The Kier molecular flexibility index (Phi) is 4.72. The molecule has 31 heavy (non-hydrogen) atoms. The monoisotopic (exact) mass is 422 g/mol. The molecule has 7 heteroatoms. The van der Waals surface area contributed by atoms with E-state index in [4.69, 9.17) is 4.74 Å². The molecule has 1 aromatic carbocycles. The summed E-state index contributed by atoms with van der Waals surface area (Å²) < 4.78 is 5.19. The molecule has 0 unspecified atom stereocenters. The second kappa shape index (κ2) is 7.32. The Morgan fingerprint density at radius 3 is 2.16 bits per heavy atom. The van der Waals surface area contributed by atoms with Crippen LogP contribution in [0.3, 0.4) is 0 Å². The molecule has 1 saturated heterocycles. The van der Waals surface area contributed by atoms with Crippen LogP contribution < -0.4 is 5.32 Å². The number of benzene rings is 1. The van der Waals surface area contributed by atoms with Crippen LogP contribution in [0.15, 0.2) is 36.4 Å². The topological polar surface area (TPSA) is 92.8 Å². The summed E-state index contributed by atoms with van der Waals surface area (Å²) in [7, 11) is 0. The molecule has 0 spiro atoms. The highest BCUT2D eigenvalue weighted by Gasteiger charge is 2.67. The first kappa shape index (κ1) is 20.0. The number of ether oxygens (including phenoxy) is 1. The molecule has 4 aliphatic carbocycles. The quantitative estimate of drug-likeness (QED) is 0.432. The predicted octanol–water partition coefficient (Wildman–Crippen LogP) is 2.49. The molecule has 6 rings (SSSR count). The second-order valence-corrected chi connectivity index (χ2v) is 9.54. The highest BCUT2D eigenvalue weighted by atomic mass is 16.5. The minimum Gasteiger partial charge on any atom is -0.462 e. The van der Waals surface area contributed by atoms with E-state index in [-0.39, 0.29) is 47.9 Å². The molecule has 3 fully saturated rings. The highest BCUT2D eigenvalue weighted by Crippen LogP contribution is 2.65. The summed E-state index contributed by atoms with van der Waals surface area (Å²) in [5.41, 5.74) is 0.888. The number of nitrogens with one attached hydrogen (secondary N) is 1. The molecule has 3 amide bonds. The van der Waals surface area contributed by atoms with Gasteiger partial charge in [-0.15, -0.1) is 0 Å². The highest BCUT2D eigenvalue weighted by molar-refractivity contribution is 6.09. The van der Waals surface area contributed by atoms with E-state index in [0.29, 0.717) is 29.7 Å². The van der Waals surface area contributed by atoms with Gasteiger partial charge in [0, 0.05) is 5.69 Å². The third kappa shape index (κ3) is 3.36. The number of rotatable bonds is 6. The number of hydrogen-bond acceptors (Lipinski definition) is 5. The zero-order chi connectivity index (χ0) is 21.9. The number of amides is 3. The minimum absolute atomic E-state index is 0.146. The van der Waals surface area contributed by atoms with Gasteiger partial charge < -0.3 is 10.1 Å². The van der Waals surface area contributed by atoms with E-state index < -0.39 is 11.9 Å². The van der Waals surface area contributed by atoms with Crippen molar-refractivity contribution in [3.8, 4) is 0 Å². The van der Waals surface area contributed by atoms with Crippen molar-refractivity contribution in [2.75, 3.05) is 18.5 Å². The Morgan fingerprint density at radius 2 is 1.61 bits per heavy atom. The number of anilines is 1. The van der Waals surface area contributed by atoms with Gasteiger partial charge in [-0.05, 0) is 60.3 Å². The van der Waals surface area contributed by atoms with Crippen LogP contribution in [-0.2, 0) is 19.1 Å². The van der Waals surface area contributed by atoms with Crippen molar-refractivity contribution in [1.82, 2.24) is 4.90 Å². The lowest BCUT2D eigenvalue weighted by atomic mass is 9.63. The summed E-state index contributed by atoms with van der Waals surface area (Å²) >= 11 is 0. The van der Waals surface area contributed by atoms with Gasteiger partial charge >= 0.3 is 5.97 Å². The molecule has 1 N–H and O–H groups in total. The molecule has 6 atom stereocenters. The van der Waals surface area contributed by atoms with Crippen LogP contribution in [0.1, 0.15) is 30.6 Å². The zero-order valence-corrected chi connectivity index (χ0v) is 17.6. The number of imide groups is 1. The Bertz CT molecular complexity index is 946. The van der Waals surface area contributed by atoms with Gasteiger partial charge in [0.15, 0.2) is 0 Å². The molecule has 5 aliphatic rings. The van der Waals surface area contributed by atoms with Crippen LogP contribution >= 0.6 is 0 Å². The van der Waals surface area contributed by atoms with Gasteiger partial charge in [0.25, 0.3) is 0 Å². The van der Waals surface area contributed by atoms with Gasteiger partial charge in [-0.1, -0.05) is 26.0 Å². The van der Waals surface area contributed by atoms with Gasteiger partial charge in [0.2, 0.25) is 17.7 Å². The van der Waals surface area contributed by atoms with Gasteiger partial charge in [-0.2, -0.15) is 0 Å². The van der Waals surface area contributed by atoms with Crippen LogP contribution in [0.4, 0.5) is 5.69 Å². The molecule has 1 aliphatic heterocycles. The van der Waals surface area contributed by atoms with Crippen molar-refractivity contribution in [2.45, 2.75) is 20.3 Å². The average molecular weight is 422 g/mol. The Labute approximate surface area is 180 Å². The molecule has 2 saturated carbocycles. The first-order chi connectivity index (χ1) is 14.8. The smallest absolute Gasteiger partial charge is 0.338 e. The molecule has 7 nitrogen and oxygen atoms in total. The first-order valence-electron chi connectivity index (χ1n) is 11.0. The van der Waals surface area contributed by atoms with Gasteiger partial charge in [-0.25, -0.2) is 4.79 Å². The molecule has 0 aromatic heterocycles. The molecule has 1 aromatic rings. The summed E-state index contributed by atoms with van der Waals surface area (Å²) in [6, 6.07) is 6.37. The lowest BCUT2D eigenvalue weighted by Gasteiger charge is -2.37. The maximum absolute atomic E-state index is 13.0. The molecular formula is C24H26N2O5. The fourth-order valence-corrected chi connectivity index (χ4v) is 5.53. The number of allylic oxidation sites excluding steroid dienone is 2. The van der Waals surface area contributed by atoms with Crippen LogP contribution in [0, 0.1) is 41.4 Å². The summed E-state index contributed by atoms with van der Waals surface area (Å²) in [6.07, 6.45) is 5.34. The van der Waals surface area contributed by atoms with E-state index >= 15 is 0 Å². The van der Waals surface area contributed by atoms with Gasteiger partial charge in [0.05, 0.1) is 24.0 Å². The van der Waals surface area contributed by atoms with Crippen molar-refractivity contribution in [3.05, 3.63) is 42.0 Å². The summed E-state index contributed by atoms with van der Waals surface area (Å²) in [5, 5.41) is 2.71. The van der Waals surface area contributed by atoms with Crippen LogP contribution in [0.5, 0.6) is 0 Å². The van der Waals surface area contributed by atoms with Gasteiger partial charge in [0.1, 0.15) is 6.54 Å². The van der Waals surface area contributed by atoms with Crippen molar-refractivity contribution in [1.29, 1.82) is 0 Å². The van der Waals surface area contributed by atoms with E-state index in [1.54, 1.807) is 24.3 Å². The number of likely N-dealkylation sites (tertiary alicyclic amines) is 1. The lowest BCUT2D eigenvalue weighted by Crippen LogP contribution is -2.40. The second-order valence-electron chi connectivity index (χ2n) is 9.54. The van der Waals surface area contributed by atoms with Crippen molar-refractivity contribution in [3.63, 3.8) is 0 Å². The maximum Gasteiger partial charge on any atom is 0.338 e. The minimum atomic E-state index is -0.430. The summed E-state index contributed by atoms with van der Waals surface area (Å²) in [5.74, 6) is -0.245. The molecule has 2 bridgehead atoms. The molecule has 162 valence electrons. The SMILES string of the molecule is CC(C)COC(=O)c1ccc(NC(=O)CN2C(=O)[C@H]3[C@@H]4C=C[C@H]([C@H]5C[C@H]45)[C@@H]3C2=O)cc1. The Hall–Kier alpha value is -2.96. The van der Waals surface area contributed by atoms with Crippen molar-refractivity contribution >= 4 is 29.4 Å². The maximum atomic E-state index is 13.0. The van der Waals surface area contributed by atoms with E-state index in [9.17, 15) is 19.2 Å². The first-order valence-corrected chi connectivity index (χ1v) is 11.0. The van der Waals surface area contributed by atoms with Crippen LogP contribution in [-0.4, -0.2) is 41.7 Å².